The molecule has 2 aromatic carbocycles. The Bertz CT molecular complexity index is 1040. The largest absolute Gasteiger partial charge is 0.497 e. The summed E-state index contributed by atoms with van der Waals surface area (Å²) in [5.74, 6) is 0.729. The van der Waals surface area contributed by atoms with Gasteiger partial charge in [-0.3, -0.25) is 4.98 Å². The second-order valence-electron chi connectivity index (χ2n) is 5.58. The molecule has 0 aliphatic carbocycles. The lowest BCUT2D eigenvalue weighted by Gasteiger charge is -2.11. The molecule has 0 bridgehead atoms. The number of ether oxygens (including phenoxy) is 2. The normalized spacial score (nSPS) is 13.4. The van der Waals surface area contributed by atoms with Crippen molar-refractivity contribution < 1.29 is 18.1 Å². The van der Waals surface area contributed by atoms with Gasteiger partial charge in [-0.2, -0.15) is 0 Å². The molecule has 0 saturated carbocycles. The molecule has 0 aliphatic heterocycles. The molecule has 130 valence electrons. The van der Waals surface area contributed by atoms with E-state index in [1.807, 2.05) is 6.07 Å². The van der Waals surface area contributed by atoms with Crippen LogP contribution < -0.4 is 9.47 Å². The van der Waals surface area contributed by atoms with Gasteiger partial charge in [0.1, 0.15) is 23.9 Å². The number of halogens is 1. The quantitative estimate of drug-likeness (QED) is 0.746. The smallest absolute Gasteiger partial charge is 0.131 e. The predicted molar refractivity (Wildman–Crippen MR) is 94.1 cm³/mol. The van der Waals surface area contributed by atoms with Crippen LogP contribution in [0.3, 0.4) is 0 Å². The summed E-state index contributed by atoms with van der Waals surface area (Å²) in [5, 5.41) is 0.795. The summed E-state index contributed by atoms with van der Waals surface area (Å²) in [6, 6.07) is 11.3. The van der Waals surface area contributed by atoms with Crippen molar-refractivity contribution >= 4 is 20.6 Å². The van der Waals surface area contributed by atoms with Crippen LogP contribution in [0, 0.1) is 10.6 Å². The first-order valence-electron chi connectivity index (χ1n) is 7.46. The minimum absolute atomic E-state index is 0.0140. The molecule has 0 amide bonds. The lowest BCUT2D eigenvalue weighted by Crippen LogP contribution is -2.02. The molecule has 7 heteroatoms. The second kappa shape index (κ2) is 6.68. The molecule has 0 spiro atoms. The van der Waals surface area contributed by atoms with Gasteiger partial charge in [-0.05, 0) is 30.3 Å². The fraction of sp³-hybridized carbons (Fsp3) is 0.167. The Morgan fingerprint density at radius 2 is 2.00 bits per heavy atom. The zero-order valence-corrected chi connectivity index (χ0v) is 14.6. The third-order valence-electron chi connectivity index (χ3n) is 3.77. The number of methoxy groups -OCH3 is 1. The predicted octanol–water partition coefficient (Wildman–Crippen LogP) is 4.00. The average molecular weight is 360 g/mol. The van der Waals surface area contributed by atoms with Crippen LogP contribution in [0.1, 0.15) is 5.56 Å². The van der Waals surface area contributed by atoms with E-state index in [0.29, 0.717) is 22.6 Å². The number of hydrogen-bond acceptors (Lipinski definition) is 5. The molecule has 1 atom stereocenters. The number of pyridine rings is 1. The summed E-state index contributed by atoms with van der Waals surface area (Å²) >= 11 is 0. The number of benzene rings is 2. The van der Waals surface area contributed by atoms with Crippen LogP contribution in [0.25, 0.3) is 10.9 Å². The molecule has 1 unspecified atom stereocenters. The minimum atomic E-state index is -2.95. The van der Waals surface area contributed by atoms with Gasteiger partial charge in [0.05, 0.1) is 22.4 Å². The Morgan fingerprint density at radius 1 is 1.20 bits per heavy atom. The molecule has 0 fully saturated rings. The highest BCUT2D eigenvalue weighted by atomic mass is 32.2. The van der Waals surface area contributed by atoms with Crippen LogP contribution in [0.15, 0.2) is 53.6 Å². The first-order valence-corrected chi connectivity index (χ1v) is 9.43. The van der Waals surface area contributed by atoms with E-state index in [-0.39, 0.29) is 11.5 Å². The van der Waals surface area contributed by atoms with Crippen LogP contribution >= 0.6 is 0 Å². The van der Waals surface area contributed by atoms with Crippen LogP contribution in [-0.4, -0.2) is 22.6 Å². The summed E-state index contributed by atoms with van der Waals surface area (Å²) in [6.07, 6.45) is 2.87. The SMILES string of the molecule is COc1ccc2c(OCc3ccc(S(C)(=N)=O)cc3F)ccnc2c1. The van der Waals surface area contributed by atoms with Crippen molar-refractivity contribution in [2.45, 2.75) is 11.5 Å². The van der Waals surface area contributed by atoms with E-state index in [4.69, 9.17) is 14.3 Å². The molecule has 3 rings (SSSR count). The van der Waals surface area contributed by atoms with Crippen LogP contribution in [0.4, 0.5) is 4.39 Å². The van der Waals surface area contributed by atoms with E-state index < -0.39 is 15.5 Å². The first-order chi connectivity index (χ1) is 11.9. The van der Waals surface area contributed by atoms with Gasteiger partial charge in [-0.25, -0.2) is 13.4 Å². The van der Waals surface area contributed by atoms with E-state index in [1.165, 1.54) is 18.4 Å². The van der Waals surface area contributed by atoms with Crippen molar-refractivity contribution in [1.82, 2.24) is 4.98 Å². The van der Waals surface area contributed by atoms with Gasteiger partial charge < -0.3 is 9.47 Å². The van der Waals surface area contributed by atoms with E-state index in [9.17, 15) is 8.60 Å². The Kier molecular flexibility index (Phi) is 4.59. The van der Waals surface area contributed by atoms with Gasteiger partial charge in [0.25, 0.3) is 0 Å². The zero-order valence-electron chi connectivity index (χ0n) is 13.8. The number of rotatable bonds is 5. The second-order valence-corrected chi connectivity index (χ2v) is 7.74. The standard InChI is InChI=1S/C18H17FN2O3S/c1-23-13-4-6-15-17(9-13)21-8-7-18(15)24-11-12-3-5-14(10-16(12)19)25(2,20)22/h3-10,20H,11H2,1-2H3. The molecule has 0 saturated heterocycles. The molecular formula is C18H17FN2O3S. The molecular weight excluding hydrogens is 343 g/mol. The van der Waals surface area contributed by atoms with Crippen LogP contribution in [0.5, 0.6) is 11.5 Å². The highest BCUT2D eigenvalue weighted by Gasteiger charge is 2.10. The number of nitrogens with one attached hydrogen (secondary N) is 1. The van der Waals surface area contributed by atoms with Crippen molar-refractivity contribution in [3.63, 3.8) is 0 Å². The third-order valence-corrected chi connectivity index (χ3v) is 4.92. The number of hydrogen-bond donors (Lipinski definition) is 1. The highest BCUT2D eigenvalue weighted by Crippen LogP contribution is 2.28. The van der Waals surface area contributed by atoms with Gasteiger partial charge in [-0.15, -0.1) is 0 Å². The van der Waals surface area contributed by atoms with Crippen molar-refractivity contribution in [1.29, 1.82) is 4.78 Å². The summed E-state index contributed by atoms with van der Waals surface area (Å²) in [7, 11) is -1.36. The van der Waals surface area contributed by atoms with Crippen molar-refractivity contribution in [2.24, 2.45) is 0 Å². The molecule has 1 N–H and O–H groups in total. The zero-order chi connectivity index (χ0) is 18.0. The molecule has 1 heterocycles. The Balaban J connectivity index is 1.86. The van der Waals surface area contributed by atoms with Crippen molar-refractivity contribution in [2.75, 3.05) is 13.4 Å². The fourth-order valence-corrected chi connectivity index (χ4v) is 3.05. The van der Waals surface area contributed by atoms with Crippen molar-refractivity contribution in [3.05, 3.63) is 60.0 Å². The van der Waals surface area contributed by atoms with Crippen molar-refractivity contribution in [3.8, 4) is 11.5 Å². The molecule has 0 aliphatic rings. The minimum Gasteiger partial charge on any atom is -0.497 e. The Morgan fingerprint density at radius 3 is 2.68 bits per heavy atom. The maximum Gasteiger partial charge on any atom is 0.131 e. The van der Waals surface area contributed by atoms with Crippen LogP contribution in [-0.2, 0) is 16.3 Å². The third kappa shape index (κ3) is 3.71. The molecule has 1 aromatic heterocycles. The molecule has 5 nitrogen and oxygen atoms in total. The molecule has 0 radical (unpaired) electrons. The molecule has 25 heavy (non-hydrogen) atoms. The monoisotopic (exact) mass is 360 g/mol. The fourth-order valence-electron chi connectivity index (χ4n) is 2.40. The van der Waals surface area contributed by atoms with Gasteiger partial charge in [-0.1, -0.05) is 6.07 Å². The summed E-state index contributed by atoms with van der Waals surface area (Å²) in [6.45, 7) is 0.0140. The van der Waals surface area contributed by atoms with E-state index in [1.54, 1.807) is 31.5 Å². The van der Waals surface area contributed by atoms with Gasteiger partial charge in [0.15, 0.2) is 0 Å². The number of aromatic nitrogens is 1. The van der Waals surface area contributed by atoms with Gasteiger partial charge in [0, 0.05) is 34.4 Å². The Hall–Kier alpha value is -2.67. The topological polar surface area (TPSA) is 72.3 Å². The van der Waals surface area contributed by atoms with E-state index in [2.05, 4.69) is 4.98 Å². The first kappa shape index (κ1) is 17.2. The number of nitrogens with zero attached hydrogens (tertiary/aromatic N) is 1. The summed E-state index contributed by atoms with van der Waals surface area (Å²) < 4.78 is 44.3. The summed E-state index contributed by atoms with van der Waals surface area (Å²) in [4.78, 5) is 4.44. The summed E-state index contributed by atoms with van der Waals surface area (Å²) in [5.41, 5.74) is 1.04. The van der Waals surface area contributed by atoms with Gasteiger partial charge in [0.2, 0.25) is 0 Å². The lowest BCUT2D eigenvalue weighted by atomic mass is 10.2. The Labute approximate surface area is 145 Å². The maximum atomic E-state index is 14.2. The number of fused-ring (bicyclic) bond motifs is 1. The van der Waals surface area contributed by atoms with E-state index in [0.717, 1.165) is 11.5 Å². The maximum absolute atomic E-state index is 14.2. The van der Waals surface area contributed by atoms with Gasteiger partial charge >= 0.3 is 0 Å². The van der Waals surface area contributed by atoms with E-state index >= 15 is 0 Å². The highest BCUT2D eigenvalue weighted by molar-refractivity contribution is 7.91. The molecule has 3 aromatic rings. The van der Waals surface area contributed by atoms with Crippen LogP contribution in [0.2, 0.25) is 0 Å². The average Bonchev–Trinajstić information content (AvgIpc) is 2.59. The lowest BCUT2D eigenvalue weighted by molar-refractivity contribution is 0.303.